The highest BCUT2D eigenvalue weighted by atomic mass is 16.3. The maximum atomic E-state index is 12.6. The van der Waals surface area contributed by atoms with Crippen molar-refractivity contribution >= 4 is 5.91 Å². The second-order valence-corrected chi connectivity index (χ2v) is 7.00. The second-order valence-electron chi connectivity index (χ2n) is 7.00. The number of nitrogens with one attached hydrogen (secondary N) is 1. The molecule has 0 heterocycles. The van der Waals surface area contributed by atoms with Crippen molar-refractivity contribution in [2.24, 2.45) is 16.6 Å². The number of carbonyl (C=O) groups is 1. The number of hydrogen-bond acceptors (Lipinski definition) is 3. The molecule has 2 rings (SSSR count). The van der Waals surface area contributed by atoms with Crippen LogP contribution in [0.25, 0.3) is 0 Å². The maximum absolute atomic E-state index is 12.6. The van der Waals surface area contributed by atoms with E-state index >= 15 is 0 Å². The molecule has 4 nitrogen and oxygen atoms in total. The summed E-state index contributed by atoms with van der Waals surface area (Å²) in [5, 5.41) is 12.9. The smallest absolute Gasteiger partial charge is 0.227 e. The number of rotatable bonds is 3. The van der Waals surface area contributed by atoms with Gasteiger partial charge in [0.25, 0.3) is 0 Å². The average molecular weight is 268 g/mol. The van der Waals surface area contributed by atoms with Gasteiger partial charge in [-0.3, -0.25) is 4.79 Å². The number of nitrogens with two attached hydrogens (primary N) is 1. The van der Waals surface area contributed by atoms with E-state index in [9.17, 15) is 9.90 Å². The average Bonchev–Trinajstić information content (AvgIpc) is 2.64. The zero-order chi connectivity index (χ0) is 14.1. The van der Waals surface area contributed by atoms with Crippen LogP contribution < -0.4 is 11.1 Å². The van der Waals surface area contributed by atoms with Gasteiger partial charge in [-0.2, -0.15) is 0 Å². The first-order chi connectivity index (χ1) is 8.92. The molecule has 110 valence electrons. The zero-order valence-corrected chi connectivity index (χ0v) is 12.2. The third-order valence-corrected chi connectivity index (χ3v) is 5.45. The van der Waals surface area contributed by atoms with Gasteiger partial charge >= 0.3 is 0 Å². The predicted octanol–water partition coefficient (Wildman–Crippen LogP) is 1.56. The summed E-state index contributed by atoms with van der Waals surface area (Å²) in [5.41, 5.74) is 5.35. The summed E-state index contributed by atoms with van der Waals surface area (Å²) in [6.45, 7) is 4.46. The van der Waals surface area contributed by atoms with E-state index in [0.717, 1.165) is 25.7 Å². The van der Waals surface area contributed by atoms with E-state index in [-0.39, 0.29) is 28.9 Å². The molecule has 0 spiro atoms. The van der Waals surface area contributed by atoms with Crippen molar-refractivity contribution in [3.05, 3.63) is 0 Å². The maximum Gasteiger partial charge on any atom is 0.227 e. The summed E-state index contributed by atoms with van der Waals surface area (Å²) in [6, 6.07) is 0.0849. The van der Waals surface area contributed by atoms with Crippen LogP contribution >= 0.6 is 0 Å². The van der Waals surface area contributed by atoms with Gasteiger partial charge in [0.05, 0.1) is 11.5 Å². The van der Waals surface area contributed by atoms with Crippen molar-refractivity contribution in [3.63, 3.8) is 0 Å². The van der Waals surface area contributed by atoms with Gasteiger partial charge in [0.1, 0.15) is 0 Å². The first-order valence-electron chi connectivity index (χ1n) is 7.61. The zero-order valence-electron chi connectivity index (χ0n) is 12.2. The Morgan fingerprint density at radius 1 is 1.26 bits per heavy atom. The van der Waals surface area contributed by atoms with Crippen LogP contribution in [0.2, 0.25) is 0 Å². The fraction of sp³-hybridized carbons (Fsp3) is 0.933. The first kappa shape index (κ1) is 14.8. The molecule has 0 aromatic rings. The van der Waals surface area contributed by atoms with Gasteiger partial charge in [0, 0.05) is 18.0 Å². The van der Waals surface area contributed by atoms with E-state index in [1.807, 2.05) is 13.8 Å². The van der Waals surface area contributed by atoms with Crippen LogP contribution in [0.5, 0.6) is 0 Å². The molecule has 2 unspecified atom stereocenters. The Labute approximate surface area is 116 Å². The summed E-state index contributed by atoms with van der Waals surface area (Å²) >= 11 is 0. The molecule has 0 aromatic heterocycles. The van der Waals surface area contributed by atoms with Crippen LogP contribution in [0.1, 0.15) is 58.8 Å². The Morgan fingerprint density at radius 3 is 2.26 bits per heavy atom. The number of aliphatic hydroxyl groups excluding tert-OH is 1. The lowest BCUT2D eigenvalue weighted by Gasteiger charge is -2.50. The molecule has 4 N–H and O–H groups in total. The highest BCUT2D eigenvalue weighted by molar-refractivity contribution is 5.83. The van der Waals surface area contributed by atoms with Crippen LogP contribution in [0.4, 0.5) is 0 Å². The molecule has 1 amide bonds. The lowest BCUT2D eigenvalue weighted by molar-refractivity contribution is -0.139. The SMILES string of the molecule is CC1(C)C(O)CC1NC(=O)C1(CN)CCCCCC1. The molecule has 19 heavy (non-hydrogen) atoms. The topological polar surface area (TPSA) is 75.3 Å². The molecule has 2 saturated carbocycles. The van der Waals surface area contributed by atoms with Crippen molar-refractivity contribution in [1.29, 1.82) is 0 Å². The Bertz CT molecular complexity index is 333. The number of amides is 1. The van der Waals surface area contributed by atoms with E-state index in [1.165, 1.54) is 12.8 Å². The van der Waals surface area contributed by atoms with Crippen LogP contribution in [0, 0.1) is 10.8 Å². The van der Waals surface area contributed by atoms with Crippen LogP contribution in [-0.2, 0) is 4.79 Å². The fourth-order valence-electron chi connectivity index (χ4n) is 3.39. The molecule has 0 aromatic carbocycles. The van der Waals surface area contributed by atoms with Gasteiger partial charge in [-0.1, -0.05) is 39.5 Å². The Morgan fingerprint density at radius 2 is 1.84 bits per heavy atom. The van der Waals surface area contributed by atoms with Crippen molar-refractivity contribution in [1.82, 2.24) is 5.32 Å². The lowest BCUT2D eigenvalue weighted by Crippen LogP contribution is -2.63. The Balaban J connectivity index is 2.01. The van der Waals surface area contributed by atoms with Crippen LogP contribution in [0.15, 0.2) is 0 Å². The minimum absolute atomic E-state index is 0.0849. The van der Waals surface area contributed by atoms with Crippen molar-refractivity contribution in [2.45, 2.75) is 70.9 Å². The Kier molecular flexibility index (Phi) is 4.21. The molecular formula is C15H28N2O2. The second kappa shape index (κ2) is 5.41. The van der Waals surface area contributed by atoms with Gasteiger partial charge in [-0.05, 0) is 19.3 Å². The quantitative estimate of drug-likeness (QED) is 0.680. The molecule has 2 atom stereocenters. The predicted molar refractivity (Wildman–Crippen MR) is 75.5 cm³/mol. The molecule has 4 heteroatoms. The summed E-state index contributed by atoms with van der Waals surface area (Å²) in [4.78, 5) is 12.6. The highest BCUT2D eigenvalue weighted by Gasteiger charge is 2.49. The first-order valence-corrected chi connectivity index (χ1v) is 7.61. The van der Waals surface area contributed by atoms with E-state index in [2.05, 4.69) is 5.32 Å². The summed E-state index contributed by atoms with van der Waals surface area (Å²) in [7, 11) is 0. The molecule has 2 fully saturated rings. The fourth-order valence-corrected chi connectivity index (χ4v) is 3.39. The van der Waals surface area contributed by atoms with Gasteiger partial charge < -0.3 is 16.2 Å². The molecular weight excluding hydrogens is 240 g/mol. The van der Waals surface area contributed by atoms with Crippen LogP contribution in [0.3, 0.4) is 0 Å². The van der Waals surface area contributed by atoms with Gasteiger partial charge in [-0.15, -0.1) is 0 Å². The van der Waals surface area contributed by atoms with Crippen molar-refractivity contribution < 1.29 is 9.90 Å². The monoisotopic (exact) mass is 268 g/mol. The summed E-state index contributed by atoms with van der Waals surface area (Å²) < 4.78 is 0. The number of hydrogen-bond donors (Lipinski definition) is 3. The van der Waals surface area contributed by atoms with E-state index in [0.29, 0.717) is 13.0 Å². The highest BCUT2D eigenvalue weighted by Crippen LogP contribution is 2.42. The largest absolute Gasteiger partial charge is 0.392 e. The standard InChI is InChI=1S/C15H28N2O2/c1-14(2)11(9-12(14)18)17-13(19)15(10-16)7-5-3-4-6-8-15/h11-12,18H,3-10,16H2,1-2H3,(H,17,19). The van der Waals surface area contributed by atoms with E-state index in [1.54, 1.807) is 0 Å². The lowest BCUT2D eigenvalue weighted by atomic mass is 9.64. The summed E-state index contributed by atoms with van der Waals surface area (Å²) in [6.07, 6.45) is 6.80. The van der Waals surface area contributed by atoms with E-state index in [4.69, 9.17) is 5.73 Å². The minimum atomic E-state index is -0.368. The molecule has 2 aliphatic rings. The molecule has 0 aliphatic heterocycles. The minimum Gasteiger partial charge on any atom is -0.392 e. The van der Waals surface area contributed by atoms with E-state index < -0.39 is 0 Å². The number of carbonyl (C=O) groups excluding carboxylic acids is 1. The van der Waals surface area contributed by atoms with Crippen molar-refractivity contribution in [3.8, 4) is 0 Å². The third-order valence-electron chi connectivity index (χ3n) is 5.45. The van der Waals surface area contributed by atoms with Gasteiger partial charge in [-0.25, -0.2) is 0 Å². The molecule has 2 aliphatic carbocycles. The normalized spacial score (nSPS) is 33.1. The third kappa shape index (κ3) is 2.65. The Hall–Kier alpha value is -0.610. The van der Waals surface area contributed by atoms with Gasteiger partial charge in [0.2, 0.25) is 5.91 Å². The molecule has 0 radical (unpaired) electrons. The summed E-state index contributed by atoms with van der Waals surface area (Å²) in [5.74, 6) is 0.113. The molecule has 0 saturated heterocycles. The van der Waals surface area contributed by atoms with Crippen LogP contribution in [-0.4, -0.2) is 29.7 Å². The van der Waals surface area contributed by atoms with Gasteiger partial charge in [0.15, 0.2) is 0 Å². The molecule has 0 bridgehead atoms. The van der Waals surface area contributed by atoms with Crippen molar-refractivity contribution in [2.75, 3.05) is 6.54 Å². The number of aliphatic hydroxyl groups is 1.